The topological polar surface area (TPSA) is 74.7 Å². The van der Waals surface area contributed by atoms with Crippen molar-refractivity contribution >= 4 is 58.4 Å². The van der Waals surface area contributed by atoms with Crippen LogP contribution in [-0.2, 0) is 20.8 Å². The summed E-state index contributed by atoms with van der Waals surface area (Å²) in [5.41, 5.74) is 1.11. The lowest BCUT2D eigenvalue weighted by Crippen LogP contribution is -2.32. The Bertz CT molecular complexity index is 888. The van der Waals surface area contributed by atoms with E-state index in [1.54, 1.807) is 48.5 Å². The van der Waals surface area contributed by atoms with Gasteiger partial charge < -0.3 is 5.11 Å². The summed E-state index contributed by atoms with van der Waals surface area (Å²) in [7, 11) is 0. The zero-order valence-electron chi connectivity index (χ0n) is 14.0. The Morgan fingerprint density at radius 1 is 1.15 bits per heavy atom. The summed E-state index contributed by atoms with van der Waals surface area (Å²) in [4.78, 5) is 37.8. The summed E-state index contributed by atoms with van der Waals surface area (Å²) in [5, 5.41) is 8.89. The van der Waals surface area contributed by atoms with Crippen molar-refractivity contribution in [1.29, 1.82) is 0 Å². The third kappa shape index (κ3) is 4.46. The number of anilines is 1. The van der Waals surface area contributed by atoms with Gasteiger partial charge in [0, 0.05) is 16.5 Å². The van der Waals surface area contributed by atoms with Crippen LogP contribution in [0.3, 0.4) is 0 Å². The number of carbonyl (C=O) groups excluding carboxylic acids is 2. The van der Waals surface area contributed by atoms with E-state index < -0.39 is 22.4 Å². The van der Waals surface area contributed by atoms with Crippen molar-refractivity contribution in [2.75, 3.05) is 4.90 Å². The summed E-state index contributed by atoms with van der Waals surface area (Å²) in [6, 6.07) is 13.3. The second-order valence-electron chi connectivity index (χ2n) is 6.00. The largest absolute Gasteiger partial charge is 0.480 e. The molecular weight excluding hydrogens is 409 g/mol. The maximum atomic E-state index is 12.7. The molecule has 2 atom stereocenters. The molecule has 2 aromatic rings. The van der Waals surface area contributed by atoms with Crippen molar-refractivity contribution in [3.63, 3.8) is 0 Å². The standard InChI is InChI=1S/C19H15Cl2NO4S/c20-12-5-7-13(8-6-12)22-17(23)10-15(18(22)24)27-16(19(25)26)9-11-3-1-2-4-14(11)21/h1-8,15-16H,9-10H2,(H,25,26)/t15-,16+/m0/s1. The Morgan fingerprint density at radius 2 is 1.81 bits per heavy atom. The van der Waals surface area contributed by atoms with Crippen LogP contribution >= 0.6 is 35.0 Å². The molecule has 1 heterocycles. The number of rotatable bonds is 6. The highest BCUT2D eigenvalue weighted by Crippen LogP contribution is 2.34. The summed E-state index contributed by atoms with van der Waals surface area (Å²) in [5.74, 6) is -1.83. The summed E-state index contributed by atoms with van der Waals surface area (Å²) < 4.78 is 0. The molecule has 0 aliphatic carbocycles. The number of carboxylic acids is 1. The molecule has 5 nitrogen and oxygen atoms in total. The summed E-state index contributed by atoms with van der Waals surface area (Å²) in [6.07, 6.45) is 0.122. The Labute approximate surface area is 170 Å². The Kier molecular flexibility index (Phi) is 6.09. The zero-order chi connectivity index (χ0) is 19.6. The number of imide groups is 1. The highest BCUT2D eigenvalue weighted by atomic mass is 35.5. The van der Waals surface area contributed by atoms with Gasteiger partial charge in [-0.3, -0.25) is 14.4 Å². The molecule has 1 aliphatic heterocycles. The van der Waals surface area contributed by atoms with Gasteiger partial charge in [-0.15, -0.1) is 11.8 Å². The number of amides is 2. The predicted molar refractivity (Wildman–Crippen MR) is 107 cm³/mol. The van der Waals surface area contributed by atoms with Gasteiger partial charge in [-0.25, -0.2) is 4.90 Å². The van der Waals surface area contributed by atoms with Crippen molar-refractivity contribution in [3.05, 3.63) is 64.1 Å². The summed E-state index contributed by atoms with van der Waals surface area (Å²) >= 11 is 12.9. The van der Waals surface area contributed by atoms with Crippen LogP contribution in [0, 0.1) is 0 Å². The minimum absolute atomic E-state index is 0.0432. The van der Waals surface area contributed by atoms with Gasteiger partial charge >= 0.3 is 5.97 Å². The van der Waals surface area contributed by atoms with Gasteiger partial charge in [0.25, 0.3) is 0 Å². The maximum absolute atomic E-state index is 12.7. The molecule has 140 valence electrons. The van der Waals surface area contributed by atoms with E-state index in [-0.39, 0.29) is 18.7 Å². The molecule has 0 radical (unpaired) electrons. The molecule has 1 N–H and O–H groups in total. The molecule has 27 heavy (non-hydrogen) atoms. The predicted octanol–water partition coefficient (Wildman–Crippen LogP) is 4.05. The average molecular weight is 424 g/mol. The molecule has 3 rings (SSSR count). The Morgan fingerprint density at radius 3 is 2.44 bits per heavy atom. The molecule has 2 aromatic carbocycles. The molecular formula is C19H15Cl2NO4S. The molecule has 0 saturated carbocycles. The van der Waals surface area contributed by atoms with E-state index in [9.17, 15) is 19.5 Å². The number of nitrogens with zero attached hydrogens (tertiary/aromatic N) is 1. The maximum Gasteiger partial charge on any atom is 0.316 e. The van der Waals surface area contributed by atoms with Gasteiger partial charge in [-0.1, -0.05) is 41.4 Å². The van der Waals surface area contributed by atoms with Gasteiger partial charge in [0.15, 0.2) is 0 Å². The van der Waals surface area contributed by atoms with Gasteiger partial charge in [0.1, 0.15) is 5.25 Å². The molecule has 0 spiro atoms. The smallest absolute Gasteiger partial charge is 0.316 e. The number of benzene rings is 2. The number of thioether (sulfide) groups is 1. The quantitative estimate of drug-likeness (QED) is 0.709. The lowest BCUT2D eigenvalue weighted by atomic mass is 10.1. The van der Waals surface area contributed by atoms with E-state index in [1.807, 2.05) is 0 Å². The molecule has 2 amide bonds. The number of hydrogen-bond acceptors (Lipinski definition) is 4. The first kappa shape index (κ1) is 19.7. The highest BCUT2D eigenvalue weighted by molar-refractivity contribution is 8.02. The van der Waals surface area contributed by atoms with Crippen molar-refractivity contribution in [1.82, 2.24) is 0 Å². The van der Waals surface area contributed by atoms with Crippen LogP contribution in [0.25, 0.3) is 0 Å². The lowest BCUT2D eigenvalue weighted by molar-refractivity contribution is -0.136. The van der Waals surface area contributed by atoms with Gasteiger partial charge in [-0.05, 0) is 42.3 Å². The third-order valence-corrected chi connectivity index (χ3v) is 6.17. The van der Waals surface area contributed by atoms with Crippen LogP contribution in [0.5, 0.6) is 0 Å². The average Bonchev–Trinajstić information content (AvgIpc) is 2.90. The van der Waals surface area contributed by atoms with Gasteiger partial charge in [0.05, 0.1) is 10.9 Å². The van der Waals surface area contributed by atoms with Crippen LogP contribution in [0.2, 0.25) is 10.0 Å². The van der Waals surface area contributed by atoms with E-state index >= 15 is 0 Å². The van der Waals surface area contributed by atoms with Crippen molar-refractivity contribution in [2.24, 2.45) is 0 Å². The zero-order valence-corrected chi connectivity index (χ0v) is 16.3. The van der Waals surface area contributed by atoms with Crippen molar-refractivity contribution in [3.8, 4) is 0 Å². The van der Waals surface area contributed by atoms with Crippen LogP contribution in [0.1, 0.15) is 12.0 Å². The van der Waals surface area contributed by atoms with Crippen LogP contribution in [0.4, 0.5) is 5.69 Å². The SMILES string of the molecule is O=C(O)[C@@H](Cc1ccccc1Cl)S[C@H]1CC(=O)N(c2ccc(Cl)cc2)C1=O. The van der Waals surface area contributed by atoms with E-state index in [0.29, 0.717) is 21.3 Å². The highest BCUT2D eigenvalue weighted by Gasteiger charge is 2.42. The van der Waals surface area contributed by atoms with Crippen LogP contribution < -0.4 is 4.90 Å². The normalized spacial score (nSPS) is 18.0. The van der Waals surface area contributed by atoms with Gasteiger partial charge in [0.2, 0.25) is 11.8 Å². The van der Waals surface area contributed by atoms with Gasteiger partial charge in [-0.2, -0.15) is 0 Å². The second-order valence-corrected chi connectivity index (χ2v) is 8.25. The minimum atomic E-state index is -1.05. The molecule has 1 aliphatic rings. The van der Waals surface area contributed by atoms with Crippen LogP contribution in [0.15, 0.2) is 48.5 Å². The monoisotopic (exact) mass is 423 g/mol. The van der Waals surface area contributed by atoms with Crippen molar-refractivity contribution in [2.45, 2.75) is 23.3 Å². The fraction of sp³-hybridized carbons (Fsp3) is 0.211. The fourth-order valence-electron chi connectivity index (χ4n) is 2.83. The molecule has 0 bridgehead atoms. The van der Waals surface area contributed by atoms with E-state index in [0.717, 1.165) is 16.7 Å². The first-order chi connectivity index (χ1) is 12.9. The number of carbonyl (C=O) groups is 3. The van der Waals surface area contributed by atoms with E-state index in [1.165, 1.54) is 0 Å². The molecule has 0 unspecified atom stereocenters. The fourth-order valence-corrected chi connectivity index (χ4v) is 4.42. The second kappa shape index (κ2) is 8.33. The molecule has 1 fully saturated rings. The number of carboxylic acid groups (broad SMARTS) is 1. The number of halogens is 2. The summed E-state index contributed by atoms with van der Waals surface area (Å²) in [6.45, 7) is 0. The number of aliphatic carboxylic acids is 1. The van der Waals surface area contributed by atoms with E-state index in [4.69, 9.17) is 23.2 Å². The van der Waals surface area contributed by atoms with Crippen LogP contribution in [-0.4, -0.2) is 33.4 Å². The number of hydrogen-bond donors (Lipinski definition) is 1. The first-order valence-electron chi connectivity index (χ1n) is 8.11. The third-order valence-electron chi connectivity index (χ3n) is 4.16. The first-order valence-corrected chi connectivity index (χ1v) is 9.80. The molecule has 1 saturated heterocycles. The molecule has 0 aromatic heterocycles. The van der Waals surface area contributed by atoms with E-state index in [2.05, 4.69) is 0 Å². The Hall–Kier alpha value is -2.02. The van der Waals surface area contributed by atoms with Crippen molar-refractivity contribution < 1.29 is 19.5 Å². The molecule has 8 heteroatoms. The Balaban J connectivity index is 1.76. The minimum Gasteiger partial charge on any atom is -0.480 e. The lowest BCUT2D eigenvalue weighted by Gasteiger charge is -2.18.